The Balaban J connectivity index is 3.49. The third-order valence-electron chi connectivity index (χ3n) is 0.363. The van der Waals surface area contributed by atoms with Gasteiger partial charge in [0.1, 0.15) is 0 Å². The van der Waals surface area contributed by atoms with Gasteiger partial charge < -0.3 is 0 Å². The van der Waals surface area contributed by atoms with E-state index in [1.807, 2.05) is 0 Å². The van der Waals surface area contributed by atoms with E-state index < -0.39 is 17.0 Å². The van der Waals surface area contributed by atoms with E-state index in [1.54, 1.807) is 0 Å². The highest BCUT2D eigenvalue weighted by Gasteiger charge is 1.73. The fourth-order valence-electron chi connectivity index (χ4n) is 0.141. The van der Waals surface area contributed by atoms with E-state index in [9.17, 15) is 12.8 Å². The Kier molecular flexibility index (Phi) is 3.59. The summed E-state index contributed by atoms with van der Waals surface area (Å²) in [4.78, 5) is 0. The Morgan fingerprint density at radius 1 is 1.57 bits per heavy atom. The molecule has 42 valence electrons. The Morgan fingerprint density at radius 3 is 2.29 bits per heavy atom. The lowest BCUT2D eigenvalue weighted by Gasteiger charge is -1.68. The van der Waals surface area contributed by atoms with Crippen LogP contribution in [0.3, 0.4) is 0 Å². The summed E-state index contributed by atoms with van der Waals surface area (Å²) in [6.45, 7) is -0.603. The Morgan fingerprint density at radius 2 is 2.14 bits per heavy atom. The van der Waals surface area contributed by atoms with Gasteiger partial charge in [0, 0.05) is 11.8 Å². The van der Waals surface area contributed by atoms with E-state index in [0.717, 1.165) is 5.37 Å². The maximum atomic E-state index is 11.0. The molecule has 0 fully saturated rings. The van der Waals surface area contributed by atoms with E-state index >= 15 is 0 Å². The lowest BCUT2D eigenvalue weighted by atomic mass is 10.6. The summed E-state index contributed by atoms with van der Waals surface area (Å²) < 4.78 is 30.1. The SMILES string of the molecule is O=S(=O)=CCCF. The third kappa shape index (κ3) is 5.62. The molecule has 0 amide bonds. The van der Waals surface area contributed by atoms with Gasteiger partial charge in [0.25, 0.3) is 0 Å². The molecule has 0 aromatic rings. The van der Waals surface area contributed by atoms with Crippen molar-refractivity contribution >= 4 is 15.7 Å². The van der Waals surface area contributed by atoms with Crippen LogP contribution in [0.25, 0.3) is 0 Å². The highest BCUT2D eigenvalue weighted by Crippen LogP contribution is 1.69. The van der Waals surface area contributed by atoms with E-state index in [2.05, 4.69) is 0 Å². The molecular formula is C3H5FO2S. The van der Waals surface area contributed by atoms with Crippen molar-refractivity contribution in [3.05, 3.63) is 0 Å². The van der Waals surface area contributed by atoms with Crippen LogP contribution in [0.1, 0.15) is 6.42 Å². The Hall–Kier alpha value is -0.380. The van der Waals surface area contributed by atoms with Crippen molar-refractivity contribution in [1.82, 2.24) is 0 Å². The number of hydrogen-bond donors (Lipinski definition) is 0. The van der Waals surface area contributed by atoms with Gasteiger partial charge in [-0.25, -0.2) is 0 Å². The molecule has 0 aliphatic heterocycles. The van der Waals surface area contributed by atoms with Crippen LogP contribution in [0.2, 0.25) is 0 Å². The van der Waals surface area contributed by atoms with Crippen LogP contribution in [0.4, 0.5) is 4.39 Å². The highest BCUT2D eigenvalue weighted by atomic mass is 32.2. The molecule has 0 aliphatic carbocycles. The zero-order chi connectivity index (χ0) is 5.70. The second-order valence-electron chi connectivity index (χ2n) is 0.905. The summed E-state index contributed by atoms with van der Waals surface area (Å²) in [5.74, 6) is 0. The molecule has 0 atom stereocenters. The number of alkyl halides is 1. The minimum atomic E-state index is -2.18. The molecule has 0 spiro atoms. The van der Waals surface area contributed by atoms with Gasteiger partial charge in [-0.15, -0.1) is 0 Å². The molecule has 0 bridgehead atoms. The van der Waals surface area contributed by atoms with Crippen molar-refractivity contribution in [2.75, 3.05) is 6.67 Å². The van der Waals surface area contributed by atoms with Crippen LogP contribution >= 0.6 is 0 Å². The smallest absolute Gasteiger partial charge is 0.210 e. The van der Waals surface area contributed by atoms with Gasteiger partial charge in [-0.05, 0) is 0 Å². The number of halogens is 1. The highest BCUT2D eigenvalue weighted by molar-refractivity contribution is 7.71. The second kappa shape index (κ2) is 3.80. The van der Waals surface area contributed by atoms with Gasteiger partial charge >= 0.3 is 0 Å². The molecule has 0 saturated heterocycles. The van der Waals surface area contributed by atoms with Crippen molar-refractivity contribution in [1.29, 1.82) is 0 Å². The maximum absolute atomic E-state index is 11.0. The lowest BCUT2D eigenvalue weighted by Crippen LogP contribution is -1.76. The van der Waals surface area contributed by atoms with Crippen molar-refractivity contribution < 1.29 is 12.8 Å². The van der Waals surface area contributed by atoms with Gasteiger partial charge in [-0.1, -0.05) is 0 Å². The van der Waals surface area contributed by atoms with Crippen LogP contribution in [0.5, 0.6) is 0 Å². The fraction of sp³-hybridized carbons (Fsp3) is 0.667. The molecule has 0 aromatic carbocycles. The van der Waals surface area contributed by atoms with Gasteiger partial charge in [0.2, 0.25) is 10.3 Å². The maximum Gasteiger partial charge on any atom is 0.210 e. The van der Waals surface area contributed by atoms with Crippen LogP contribution in [-0.4, -0.2) is 20.5 Å². The molecule has 0 N–H and O–H groups in total. The number of hydrogen-bond acceptors (Lipinski definition) is 2. The zero-order valence-corrected chi connectivity index (χ0v) is 4.41. The third-order valence-corrected chi connectivity index (χ3v) is 0.871. The van der Waals surface area contributed by atoms with Crippen LogP contribution < -0.4 is 0 Å². The van der Waals surface area contributed by atoms with Crippen LogP contribution in [-0.2, 0) is 10.3 Å². The molecule has 0 saturated carbocycles. The summed E-state index contributed by atoms with van der Waals surface area (Å²) in [5, 5.41) is 0.889. The minimum absolute atomic E-state index is 0.00386. The molecule has 2 nitrogen and oxygen atoms in total. The largest absolute Gasteiger partial charge is 0.251 e. The monoisotopic (exact) mass is 124 g/mol. The standard InChI is InChI=1S/C3H5FO2S/c4-2-1-3-7(5)6/h3H,1-2H2. The van der Waals surface area contributed by atoms with Crippen molar-refractivity contribution in [3.8, 4) is 0 Å². The van der Waals surface area contributed by atoms with Crippen LogP contribution in [0, 0.1) is 0 Å². The van der Waals surface area contributed by atoms with Crippen molar-refractivity contribution in [2.24, 2.45) is 0 Å². The molecule has 0 heterocycles. The Bertz CT molecular complexity index is 138. The summed E-state index contributed by atoms with van der Waals surface area (Å²) in [7, 11) is -2.18. The van der Waals surface area contributed by atoms with Crippen molar-refractivity contribution in [3.63, 3.8) is 0 Å². The molecule has 7 heavy (non-hydrogen) atoms. The first-order valence-corrected chi connectivity index (χ1v) is 2.88. The topological polar surface area (TPSA) is 34.1 Å². The van der Waals surface area contributed by atoms with E-state index in [4.69, 9.17) is 0 Å². The van der Waals surface area contributed by atoms with E-state index in [0.29, 0.717) is 0 Å². The minimum Gasteiger partial charge on any atom is -0.251 e. The first-order valence-electron chi connectivity index (χ1n) is 1.74. The zero-order valence-electron chi connectivity index (χ0n) is 3.59. The van der Waals surface area contributed by atoms with Crippen molar-refractivity contribution in [2.45, 2.75) is 6.42 Å². The van der Waals surface area contributed by atoms with Crippen LogP contribution in [0.15, 0.2) is 0 Å². The summed E-state index contributed by atoms with van der Waals surface area (Å²) in [6, 6.07) is 0. The second-order valence-corrected chi connectivity index (χ2v) is 1.76. The summed E-state index contributed by atoms with van der Waals surface area (Å²) >= 11 is 0. The molecular weight excluding hydrogens is 119 g/mol. The predicted molar refractivity (Wildman–Crippen MR) is 25.6 cm³/mol. The molecule has 0 unspecified atom stereocenters. The first kappa shape index (κ1) is 6.62. The predicted octanol–water partition coefficient (Wildman–Crippen LogP) is 0.0273. The summed E-state index contributed by atoms with van der Waals surface area (Å²) in [6.07, 6.45) is -0.00386. The normalized spacial score (nSPS) is 8.14. The molecule has 0 rings (SSSR count). The first-order chi connectivity index (χ1) is 3.27. The van der Waals surface area contributed by atoms with Gasteiger partial charge in [0.15, 0.2) is 0 Å². The quantitative estimate of drug-likeness (QED) is 0.486. The average Bonchev–Trinajstić information content (AvgIpc) is 1.61. The van der Waals surface area contributed by atoms with Gasteiger partial charge in [-0.2, -0.15) is 8.42 Å². The molecule has 0 radical (unpaired) electrons. The van der Waals surface area contributed by atoms with E-state index in [1.165, 1.54) is 0 Å². The Labute approximate surface area is 42.5 Å². The lowest BCUT2D eigenvalue weighted by molar-refractivity contribution is 0.511. The summed E-state index contributed by atoms with van der Waals surface area (Å²) in [5.41, 5.74) is 0. The molecule has 0 aromatic heterocycles. The van der Waals surface area contributed by atoms with E-state index in [-0.39, 0.29) is 6.42 Å². The fourth-order valence-corrected chi connectivity index (χ4v) is 0.422. The van der Waals surface area contributed by atoms with Gasteiger partial charge in [0.05, 0.1) is 6.67 Å². The molecule has 0 aliphatic rings. The number of rotatable bonds is 2. The average molecular weight is 124 g/mol. The molecule has 4 heteroatoms. The van der Waals surface area contributed by atoms with Gasteiger partial charge in [-0.3, -0.25) is 4.39 Å².